The summed E-state index contributed by atoms with van der Waals surface area (Å²) in [6.45, 7) is 6.45. The monoisotopic (exact) mass is 351 g/mol. The smallest absolute Gasteiger partial charge is 0.227 e. The van der Waals surface area contributed by atoms with Gasteiger partial charge in [0.1, 0.15) is 11.9 Å². The third-order valence-electron chi connectivity index (χ3n) is 4.76. The second-order valence-corrected chi connectivity index (χ2v) is 6.27. The Morgan fingerprint density at radius 2 is 1.65 bits per heavy atom. The molecule has 0 amide bonds. The number of morpholine rings is 1. The third-order valence-corrected chi connectivity index (χ3v) is 4.76. The van der Waals surface area contributed by atoms with Crippen molar-refractivity contribution in [1.82, 2.24) is 15.0 Å². The Morgan fingerprint density at radius 1 is 0.885 bits per heavy atom. The van der Waals surface area contributed by atoms with Gasteiger partial charge in [0.25, 0.3) is 0 Å². The highest BCUT2D eigenvalue weighted by Gasteiger charge is 2.22. The van der Waals surface area contributed by atoms with Crippen LogP contribution in [0.25, 0.3) is 0 Å². The van der Waals surface area contributed by atoms with Crippen molar-refractivity contribution in [3.63, 3.8) is 0 Å². The van der Waals surface area contributed by atoms with Crippen LogP contribution >= 0.6 is 0 Å². The number of anilines is 3. The number of aromatic nitrogens is 3. The van der Waals surface area contributed by atoms with Gasteiger partial charge < -0.3 is 19.4 Å². The zero-order valence-electron chi connectivity index (χ0n) is 14.6. The molecule has 0 atom stereocenters. The highest BCUT2D eigenvalue weighted by Crippen LogP contribution is 2.22. The largest absolute Gasteiger partial charge is 0.378 e. The molecule has 0 bridgehead atoms. The van der Waals surface area contributed by atoms with Crippen molar-refractivity contribution in [2.75, 3.05) is 67.2 Å². The van der Waals surface area contributed by atoms with E-state index in [1.54, 1.807) is 6.20 Å². The predicted octanol–water partition coefficient (Wildman–Crippen LogP) is 0.906. The van der Waals surface area contributed by atoms with E-state index in [4.69, 9.17) is 9.72 Å². The van der Waals surface area contributed by atoms with E-state index in [2.05, 4.69) is 30.7 Å². The summed E-state index contributed by atoms with van der Waals surface area (Å²) in [7, 11) is 0. The highest BCUT2D eigenvalue weighted by molar-refractivity contribution is 5.57. The summed E-state index contributed by atoms with van der Waals surface area (Å²) in [4.78, 5) is 20.0. The number of hydrogen-bond acceptors (Lipinski definition) is 8. The first-order valence-electron chi connectivity index (χ1n) is 8.86. The van der Waals surface area contributed by atoms with Crippen molar-refractivity contribution in [2.24, 2.45) is 0 Å². The summed E-state index contributed by atoms with van der Waals surface area (Å²) in [6, 6.07) is 7.96. The topological polar surface area (TPSA) is 81.4 Å². The number of pyridine rings is 1. The molecule has 26 heavy (non-hydrogen) atoms. The average molecular weight is 351 g/mol. The third kappa shape index (κ3) is 3.39. The minimum atomic E-state index is 0.478. The molecule has 134 valence electrons. The predicted molar refractivity (Wildman–Crippen MR) is 98.4 cm³/mol. The molecular weight excluding hydrogens is 330 g/mol. The van der Waals surface area contributed by atoms with E-state index in [1.165, 1.54) is 0 Å². The molecule has 2 aromatic heterocycles. The van der Waals surface area contributed by atoms with E-state index in [0.717, 1.165) is 69.9 Å². The quantitative estimate of drug-likeness (QED) is 0.807. The van der Waals surface area contributed by atoms with Crippen molar-refractivity contribution in [3.05, 3.63) is 36.3 Å². The Kier molecular flexibility index (Phi) is 4.80. The average Bonchev–Trinajstić information content (AvgIpc) is 2.74. The molecule has 0 spiro atoms. The van der Waals surface area contributed by atoms with Crippen molar-refractivity contribution in [3.8, 4) is 6.07 Å². The van der Waals surface area contributed by atoms with Crippen molar-refractivity contribution >= 4 is 17.5 Å². The van der Waals surface area contributed by atoms with Crippen molar-refractivity contribution in [1.29, 1.82) is 5.26 Å². The fourth-order valence-electron chi connectivity index (χ4n) is 3.35. The summed E-state index contributed by atoms with van der Waals surface area (Å²) in [5.41, 5.74) is 1.38. The van der Waals surface area contributed by atoms with Crippen LogP contribution in [-0.4, -0.2) is 67.4 Å². The first-order valence-corrected chi connectivity index (χ1v) is 8.86. The number of nitriles is 1. The summed E-state index contributed by atoms with van der Waals surface area (Å²) < 4.78 is 5.41. The first-order chi connectivity index (χ1) is 12.8. The number of piperazine rings is 1. The van der Waals surface area contributed by atoms with Gasteiger partial charge in [0.15, 0.2) is 5.69 Å². The summed E-state index contributed by atoms with van der Waals surface area (Å²) in [5, 5.41) is 9.25. The molecule has 2 aliphatic rings. The van der Waals surface area contributed by atoms with E-state index < -0.39 is 0 Å². The zero-order chi connectivity index (χ0) is 17.8. The van der Waals surface area contributed by atoms with Crippen LogP contribution in [0.3, 0.4) is 0 Å². The Labute approximate surface area is 152 Å². The number of hydrogen-bond donors (Lipinski definition) is 0. The Balaban J connectivity index is 1.44. The number of nitrogens with zero attached hydrogens (tertiary/aromatic N) is 7. The van der Waals surface area contributed by atoms with Crippen LogP contribution in [0, 0.1) is 11.3 Å². The van der Waals surface area contributed by atoms with Gasteiger partial charge in [0.05, 0.1) is 18.9 Å². The minimum absolute atomic E-state index is 0.478. The number of rotatable bonds is 3. The highest BCUT2D eigenvalue weighted by atomic mass is 16.5. The van der Waals surface area contributed by atoms with E-state index in [9.17, 15) is 5.26 Å². The van der Waals surface area contributed by atoms with Crippen LogP contribution in [0.5, 0.6) is 0 Å². The standard InChI is InChI=1S/C18H21N7O/c19-14-15-16(2-1-4-20-15)23-6-8-25(9-7-23)18-21-5-3-17(22-18)24-10-12-26-13-11-24/h1-5H,6-13H2. The zero-order valence-corrected chi connectivity index (χ0v) is 14.6. The van der Waals surface area contributed by atoms with Gasteiger partial charge >= 0.3 is 0 Å². The molecule has 2 saturated heterocycles. The molecule has 0 saturated carbocycles. The van der Waals surface area contributed by atoms with Crippen LogP contribution in [0.15, 0.2) is 30.6 Å². The van der Waals surface area contributed by atoms with Crippen LogP contribution < -0.4 is 14.7 Å². The minimum Gasteiger partial charge on any atom is -0.378 e. The lowest BCUT2D eigenvalue weighted by atomic mass is 10.2. The SMILES string of the molecule is N#Cc1ncccc1N1CCN(c2nccc(N3CCOCC3)n2)CC1. The normalized spacial score (nSPS) is 17.9. The molecule has 4 rings (SSSR count). The maximum atomic E-state index is 9.25. The number of ether oxygens (including phenoxy) is 1. The molecule has 0 unspecified atom stereocenters. The van der Waals surface area contributed by atoms with Gasteiger partial charge in [-0.15, -0.1) is 0 Å². The lowest BCUT2D eigenvalue weighted by molar-refractivity contribution is 0.122. The second kappa shape index (κ2) is 7.54. The van der Waals surface area contributed by atoms with Crippen LogP contribution in [0.4, 0.5) is 17.5 Å². The summed E-state index contributed by atoms with van der Waals surface area (Å²) in [5.74, 6) is 1.72. The Morgan fingerprint density at radius 3 is 2.42 bits per heavy atom. The Bertz CT molecular complexity index is 792. The molecule has 0 aliphatic carbocycles. The van der Waals surface area contributed by atoms with Crippen LogP contribution in [0.1, 0.15) is 5.69 Å². The molecule has 2 fully saturated rings. The van der Waals surface area contributed by atoms with Gasteiger partial charge in [0, 0.05) is 51.7 Å². The van der Waals surface area contributed by atoms with Gasteiger partial charge in [-0.05, 0) is 18.2 Å². The molecule has 2 aliphatic heterocycles. The van der Waals surface area contributed by atoms with E-state index in [1.807, 2.05) is 24.4 Å². The molecule has 0 radical (unpaired) electrons. The molecule has 8 heteroatoms. The van der Waals surface area contributed by atoms with Gasteiger partial charge in [-0.25, -0.2) is 9.97 Å². The van der Waals surface area contributed by atoms with Crippen molar-refractivity contribution < 1.29 is 4.74 Å². The molecule has 2 aromatic rings. The maximum Gasteiger partial charge on any atom is 0.227 e. The van der Waals surface area contributed by atoms with Crippen LogP contribution in [0.2, 0.25) is 0 Å². The summed E-state index contributed by atoms with van der Waals surface area (Å²) in [6.07, 6.45) is 3.48. The molecule has 0 N–H and O–H groups in total. The van der Waals surface area contributed by atoms with Crippen molar-refractivity contribution in [2.45, 2.75) is 0 Å². The van der Waals surface area contributed by atoms with E-state index in [0.29, 0.717) is 5.69 Å². The second-order valence-electron chi connectivity index (χ2n) is 6.27. The fraction of sp³-hybridized carbons (Fsp3) is 0.444. The maximum absolute atomic E-state index is 9.25. The van der Waals surface area contributed by atoms with Gasteiger partial charge in [-0.1, -0.05) is 0 Å². The van der Waals surface area contributed by atoms with E-state index >= 15 is 0 Å². The lowest BCUT2D eigenvalue weighted by Gasteiger charge is -2.36. The lowest BCUT2D eigenvalue weighted by Crippen LogP contribution is -2.47. The molecule has 0 aromatic carbocycles. The van der Waals surface area contributed by atoms with Gasteiger partial charge in [0.2, 0.25) is 5.95 Å². The fourth-order valence-corrected chi connectivity index (χ4v) is 3.35. The molecule has 8 nitrogen and oxygen atoms in total. The first kappa shape index (κ1) is 16.5. The van der Waals surface area contributed by atoms with Crippen LogP contribution in [-0.2, 0) is 4.74 Å². The molecule has 4 heterocycles. The van der Waals surface area contributed by atoms with Gasteiger partial charge in [-0.2, -0.15) is 10.2 Å². The van der Waals surface area contributed by atoms with Gasteiger partial charge in [-0.3, -0.25) is 0 Å². The Hall–Kier alpha value is -2.92. The summed E-state index contributed by atoms with van der Waals surface area (Å²) >= 11 is 0. The molecular formula is C18H21N7O. The van der Waals surface area contributed by atoms with E-state index in [-0.39, 0.29) is 0 Å².